The smallest absolute Gasteiger partial charge is 0.315 e. The lowest BCUT2D eigenvalue weighted by atomic mass is 9.94. The molecular weight excluding hydrogens is 660 g/mol. The Morgan fingerprint density at radius 3 is 1.52 bits per heavy atom. The van der Waals surface area contributed by atoms with Crippen molar-refractivity contribution in [2.75, 3.05) is 39.8 Å². The fourth-order valence-electron chi connectivity index (χ4n) is 7.74. The van der Waals surface area contributed by atoms with Crippen molar-refractivity contribution in [3.05, 3.63) is 107 Å². The molecule has 4 fully saturated rings. The van der Waals surface area contributed by atoms with Crippen LogP contribution in [0, 0.1) is 11.8 Å². The SMILES string of the molecule is CCNC(=O)N[C@H]1CN(C(=O)c2ccc(C(=O)N3C[C@@H](C(=O)N[C@H]4C[C@@H]4c4ccccc4)[C@H](C(=O)N[C@H]4C[C@@H]4c4ccccc4)C3)cc2)C[C@@H]1OC. The number of amides is 6. The molecule has 52 heavy (non-hydrogen) atoms. The quantitative estimate of drug-likeness (QED) is 0.241. The van der Waals surface area contributed by atoms with Crippen LogP contribution in [0.4, 0.5) is 4.79 Å². The van der Waals surface area contributed by atoms with Gasteiger partial charge >= 0.3 is 6.03 Å². The number of carbonyl (C=O) groups excluding carboxylic acids is 5. The van der Waals surface area contributed by atoms with E-state index in [-0.39, 0.29) is 85.4 Å². The molecule has 272 valence electrons. The van der Waals surface area contributed by atoms with E-state index in [1.165, 1.54) is 11.1 Å². The first-order valence-electron chi connectivity index (χ1n) is 18.2. The van der Waals surface area contributed by atoms with Crippen LogP contribution in [0.25, 0.3) is 0 Å². The Morgan fingerprint density at radius 1 is 0.615 bits per heavy atom. The van der Waals surface area contributed by atoms with Crippen LogP contribution in [0.3, 0.4) is 0 Å². The highest BCUT2D eigenvalue weighted by Crippen LogP contribution is 2.42. The van der Waals surface area contributed by atoms with E-state index in [2.05, 4.69) is 45.5 Å². The van der Waals surface area contributed by atoms with Crippen molar-refractivity contribution < 1.29 is 28.7 Å². The number of nitrogens with zero attached hydrogens (tertiary/aromatic N) is 2. The summed E-state index contributed by atoms with van der Waals surface area (Å²) < 4.78 is 5.53. The van der Waals surface area contributed by atoms with Gasteiger partial charge < -0.3 is 35.8 Å². The molecule has 6 amide bonds. The molecule has 4 N–H and O–H groups in total. The van der Waals surface area contributed by atoms with Crippen molar-refractivity contribution in [1.29, 1.82) is 0 Å². The highest BCUT2D eigenvalue weighted by Gasteiger charge is 2.49. The van der Waals surface area contributed by atoms with Gasteiger partial charge in [0.2, 0.25) is 11.8 Å². The molecule has 2 saturated heterocycles. The van der Waals surface area contributed by atoms with Crippen molar-refractivity contribution in [2.45, 2.75) is 55.8 Å². The lowest BCUT2D eigenvalue weighted by molar-refractivity contribution is -0.133. The van der Waals surface area contributed by atoms with Crippen LogP contribution in [0.15, 0.2) is 84.9 Å². The van der Waals surface area contributed by atoms with Crippen LogP contribution < -0.4 is 21.3 Å². The van der Waals surface area contributed by atoms with Gasteiger partial charge in [0.1, 0.15) is 0 Å². The Balaban J connectivity index is 1.01. The van der Waals surface area contributed by atoms with Gasteiger partial charge in [0, 0.05) is 74.9 Å². The molecule has 12 heteroatoms. The summed E-state index contributed by atoms with van der Waals surface area (Å²) in [4.78, 5) is 70.1. The minimum absolute atomic E-state index is 0.00586. The third kappa shape index (κ3) is 7.67. The number of likely N-dealkylation sites (tertiary alicyclic amines) is 2. The summed E-state index contributed by atoms with van der Waals surface area (Å²) in [7, 11) is 1.55. The fraction of sp³-hybridized carbons (Fsp3) is 0.425. The van der Waals surface area contributed by atoms with Gasteiger partial charge in [-0.1, -0.05) is 60.7 Å². The van der Waals surface area contributed by atoms with Crippen molar-refractivity contribution in [1.82, 2.24) is 31.1 Å². The van der Waals surface area contributed by atoms with Crippen LogP contribution in [-0.4, -0.2) is 104 Å². The number of hydrogen-bond donors (Lipinski definition) is 4. The van der Waals surface area contributed by atoms with Gasteiger partial charge in [0.15, 0.2) is 0 Å². The Hall–Kier alpha value is -5.23. The normalized spacial score (nSPS) is 27.4. The third-order valence-corrected chi connectivity index (χ3v) is 10.9. The van der Waals surface area contributed by atoms with Crippen molar-refractivity contribution in [2.24, 2.45) is 11.8 Å². The number of hydrogen-bond acceptors (Lipinski definition) is 6. The molecule has 2 saturated carbocycles. The zero-order valence-electron chi connectivity index (χ0n) is 29.5. The number of ether oxygens (including phenoxy) is 1. The molecule has 3 aromatic carbocycles. The van der Waals surface area contributed by atoms with Gasteiger partial charge in [-0.2, -0.15) is 0 Å². The molecule has 3 aromatic rings. The topological polar surface area (TPSA) is 149 Å². The van der Waals surface area contributed by atoms with Gasteiger partial charge in [0.25, 0.3) is 11.8 Å². The monoisotopic (exact) mass is 706 g/mol. The van der Waals surface area contributed by atoms with E-state index < -0.39 is 11.8 Å². The minimum Gasteiger partial charge on any atom is -0.377 e. The summed E-state index contributed by atoms with van der Waals surface area (Å²) in [5.41, 5.74) is 3.11. The standard InChI is InChI=1S/C40H46N6O6/c1-3-41-40(51)44-34-22-46(23-35(34)52-2)39(50)27-16-14-26(15-17-27)38(49)45-20-30(36(47)42-32-18-28(32)24-10-6-4-7-11-24)31(21-45)37(48)43-33-19-29(33)25-12-8-5-9-13-25/h4-17,28-35H,3,18-23H2,1-2H3,(H,42,47)(H,43,48)(H2,41,44,51)/t28-,29-,30-,31-,32+,33+,34+,35+/m1/s1. The average molecular weight is 707 g/mol. The summed E-state index contributed by atoms with van der Waals surface area (Å²) in [6.07, 6.45) is 1.32. The van der Waals surface area contributed by atoms with E-state index in [0.29, 0.717) is 24.2 Å². The molecule has 0 aromatic heterocycles. The largest absolute Gasteiger partial charge is 0.377 e. The molecule has 0 radical (unpaired) electrons. The highest BCUT2D eigenvalue weighted by molar-refractivity contribution is 5.99. The number of benzene rings is 3. The Bertz CT molecular complexity index is 1710. The van der Waals surface area contributed by atoms with E-state index in [0.717, 1.165) is 12.8 Å². The molecule has 2 aliphatic heterocycles. The molecule has 4 aliphatic rings. The summed E-state index contributed by atoms with van der Waals surface area (Å²) in [5.74, 6) is -1.88. The van der Waals surface area contributed by atoms with E-state index in [1.807, 2.05) is 43.3 Å². The molecule has 2 heterocycles. The maximum absolute atomic E-state index is 13.8. The lowest BCUT2D eigenvalue weighted by Crippen LogP contribution is -2.48. The van der Waals surface area contributed by atoms with Crippen LogP contribution in [0.1, 0.15) is 63.4 Å². The highest BCUT2D eigenvalue weighted by atomic mass is 16.5. The molecule has 0 bridgehead atoms. The van der Waals surface area contributed by atoms with Crippen molar-refractivity contribution in [3.63, 3.8) is 0 Å². The van der Waals surface area contributed by atoms with Gasteiger partial charge in [0.05, 0.1) is 24.0 Å². The van der Waals surface area contributed by atoms with E-state index in [4.69, 9.17) is 4.74 Å². The third-order valence-electron chi connectivity index (χ3n) is 10.9. The maximum atomic E-state index is 13.8. The van der Waals surface area contributed by atoms with E-state index >= 15 is 0 Å². The average Bonchev–Trinajstić information content (AvgIpc) is 4.02. The second-order valence-electron chi connectivity index (χ2n) is 14.3. The predicted octanol–water partition coefficient (Wildman–Crippen LogP) is 2.88. The number of urea groups is 1. The number of rotatable bonds is 11. The first-order valence-corrected chi connectivity index (χ1v) is 18.2. The number of carbonyl (C=O) groups is 5. The minimum atomic E-state index is -0.694. The zero-order valence-corrected chi connectivity index (χ0v) is 29.5. The molecule has 0 spiro atoms. The van der Waals surface area contributed by atoms with Gasteiger partial charge in [-0.15, -0.1) is 0 Å². The molecule has 8 atom stereocenters. The number of nitrogens with one attached hydrogen (secondary N) is 4. The second kappa shape index (κ2) is 15.2. The second-order valence-corrected chi connectivity index (χ2v) is 14.3. The Kier molecular flexibility index (Phi) is 10.3. The Labute approximate surface area is 303 Å². The number of methoxy groups -OCH3 is 1. The predicted molar refractivity (Wildman–Crippen MR) is 193 cm³/mol. The molecule has 7 rings (SSSR count). The van der Waals surface area contributed by atoms with E-state index in [1.54, 1.807) is 41.2 Å². The van der Waals surface area contributed by atoms with Crippen LogP contribution in [-0.2, 0) is 14.3 Å². The summed E-state index contributed by atoms with van der Waals surface area (Å²) in [5, 5.41) is 11.9. The lowest BCUT2D eigenvalue weighted by Gasteiger charge is -2.18. The molecular formula is C40H46N6O6. The first-order chi connectivity index (χ1) is 25.2. The van der Waals surface area contributed by atoms with Gasteiger partial charge in [-0.3, -0.25) is 19.2 Å². The van der Waals surface area contributed by atoms with Crippen LogP contribution in [0.5, 0.6) is 0 Å². The van der Waals surface area contributed by atoms with Crippen molar-refractivity contribution in [3.8, 4) is 0 Å². The Morgan fingerprint density at radius 2 is 1.08 bits per heavy atom. The summed E-state index contributed by atoms with van der Waals surface area (Å²) in [6, 6.07) is 25.9. The maximum Gasteiger partial charge on any atom is 0.315 e. The molecule has 12 nitrogen and oxygen atoms in total. The van der Waals surface area contributed by atoms with Crippen LogP contribution >= 0.6 is 0 Å². The van der Waals surface area contributed by atoms with Crippen LogP contribution in [0.2, 0.25) is 0 Å². The summed E-state index contributed by atoms with van der Waals surface area (Å²) in [6.45, 7) is 3.14. The molecule has 0 unspecified atom stereocenters. The summed E-state index contributed by atoms with van der Waals surface area (Å²) >= 11 is 0. The first kappa shape index (κ1) is 35.2. The molecule has 2 aliphatic carbocycles. The van der Waals surface area contributed by atoms with Crippen molar-refractivity contribution >= 4 is 29.7 Å². The van der Waals surface area contributed by atoms with Gasteiger partial charge in [-0.25, -0.2) is 4.79 Å². The van der Waals surface area contributed by atoms with Gasteiger partial charge in [-0.05, 0) is 55.2 Å². The zero-order chi connectivity index (χ0) is 36.4. The fourth-order valence-corrected chi connectivity index (χ4v) is 7.74. The van der Waals surface area contributed by atoms with E-state index in [9.17, 15) is 24.0 Å².